The second kappa shape index (κ2) is 5.38. The molecule has 102 valence electrons. The van der Waals surface area contributed by atoms with Gasteiger partial charge in [-0.15, -0.1) is 11.8 Å². The first kappa shape index (κ1) is 12.7. The largest absolute Gasteiger partial charge is 0.481 e. The highest BCUT2D eigenvalue weighted by Gasteiger charge is 2.13. The highest BCUT2D eigenvalue weighted by Crippen LogP contribution is 2.26. The number of hydrogen-bond donors (Lipinski definition) is 1. The SMILES string of the molecule is O=C(O)CSCc1nc(-c2cc3ccccc3o2)no1. The van der Waals surface area contributed by atoms with E-state index in [4.69, 9.17) is 14.0 Å². The minimum atomic E-state index is -0.868. The summed E-state index contributed by atoms with van der Waals surface area (Å²) in [6.45, 7) is 0. The lowest BCUT2D eigenvalue weighted by Gasteiger charge is -1.90. The molecule has 0 fully saturated rings. The summed E-state index contributed by atoms with van der Waals surface area (Å²) < 4.78 is 10.7. The number of carboxylic acid groups (broad SMARTS) is 1. The third kappa shape index (κ3) is 2.67. The maximum absolute atomic E-state index is 10.4. The Balaban J connectivity index is 1.77. The first-order valence-corrected chi connectivity index (χ1v) is 6.99. The van der Waals surface area contributed by atoms with Gasteiger partial charge in [0.1, 0.15) is 5.58 Å². The Kier molecular flexibility index (Phi) is 3.42. The highest BCUT2D eigenvalue weighted by atomic mass is 32.2. The van der Waals surface area contributed by atoms with Gasteiger partial charge in [-0.05, 0) is 12.1 Å². The van der Waals surface area contributed by atoms with Gasteiger partial charge in [-0.1, -0.05) is 23.4 Å². The van der Waals surface area contributed by atoms with Crippen LogP contribution in [-0.2, 0) is 10.5 Å². The molecule has 0 aliphatic rings. The minimum absolute atomic E-state index is 0.00233. The Bertz CT molecular complexity index is 717. The monoisotopic (exact) mass is 290 g/mol. The summed E-state index contributed by atoms with van der Waals surface area (Å²) >= 11 is 1.20. The van der Waals surface area contributed by atoms with E-state index in [0.717, 1.165) is 11.0 Å². The Labute approximate surface area is 117 Å². The molecular formula is C13H10N2O4S. The molecule has 0 aliphatic heterocycles. The topological polar surface area (TPSA) is 89.4 Å². The van der Waals surface area contributed by atoms with Crippen LogP contribution in [0.15, 0.2) is 39.3 Å². The fraction of sp³-hybridized carbons (Fsp3) is 0.154. The van der Waals surface area contributed by atoms with Crippen LogP contribution in [0.3, 0.4) is 0 Å². The van der Waals surface area contributed by atoms with Crippen LogP contribution in [0.2, 0.25) is 0 Å². The zero-order valence-electron chi connectivity index (χ0n) is 10.3. The molecule has 0 spiro atoms. The number of nitrogens with zero attached hydrogens (tertiary/aromatic N) is 2. The lowest BCUT2D eigenvalue weighted by atomic mass is 10.2. The molecule has 0 radical (unpaired) electrons. The van der Waals surface area contributed by atoms with Crippen molar-refractivity contribution in [1.82, 2.24) is 10.1 Å². The van der Waals surface area contributed by atoms with Crippen molar-refractivity contribution in [3.05, 3.63) is 36.2 Å². The average molecular weight is 290 g/mol. The Morgan fingerprint density at radius 2 is 2.20 bits per heavy atom. The molecule has 1 N–H and O–H groups in total. The van der Waals surface area contributed by atoms with Gasteiger partial charge in [0, 0.05) is 5.39 Å². The third-order valence-corrected chi connectivity index (χ3v) is 3.47. The van der Waals surface area contributed by atoms with Gasteiger partial charge in [-0.2, -0.15) is 4.98 Å². The zero-order chi connectivity index (χ0) is 13.9. The molecule has 1 aromatic carbocycles. The van der Waals surface area contributed by atoms with Crippen LogP contribution in [0.25, 0.3) is 22.6 Å². The number of furan rings is 1. The van der Waals surface area contributed by atoms with Gasteiger partial charge in [0.2, 0.25) is 11.7 Å². The summed E-state index contributed by atoms with van der Waals surface area (Å²) in [5.41, 5.74) is 0.758. The van der Waals surface area contributed by atoms with E-state index in [9.17, 15) is 4.79 Å². The molecule has 0 saturated heterocycles. The van der Waals surface area contributed by atoms with Gasteiger partial charge in [0.05, 0.1) is 11.5 Å². The van der Waals surface area contributed by atoms with Crippen LogP contribution in [0.1, 0.15) is 5.89 Å². The van der Waals surface area contributed by atoms with E-state index in [1.165, 1.54) is 11.8 Å². The normalized spacial score (nSPS) is 11.0. The average Bonchev–Trinajstić information content (AvgIpc) is 3.03. The van der Waals surface area contributed by atoms with Crippen LogP contribution < -0.4 is 0 Å². The summed E-state index contributed by atoms with van der Waals surface area (Å²) in [7, 11) is 0. The Hall–Kier alpha value is -2.28. The van der Waals surface area contributed by atoms with Crippen LogP contribution in [0.4, 0.5) is 0 Å². The van der Waals surface area contributed by atoms with Gasteiger partial charge in [-0.25, -0.2) is 0 Å². The summed E-state index contributed by atoms with van der Waals surface area (Å²) in [6, 6.07) is 9.45. The van der Waals surface area contributed by atoms with Crippen LogP contribution in [0, 0.1) is 0 Å². The number of thioether (sulfide) groups is 1. The van der Waals surface area contributed by atoms with Crippen molar-refractivity contribution in [1.29, 1.82) is 0 Å². The number of carboxylic acids is 1. The first-order chi connectivity index (χ1) is 9.72. The molecule has 0 amide bonds. The quantitative estimate of drug-likeness (QED) is 0.772. The number of fused-ring (bicyclic) bond motifs is 1. The number of para-hydroxylation sites is 1. The maximum Gasteiger partial charge on any atom is 0.313 e. The Morgan fingerprint density at radius 1 is 1.35 bits per heavy atom. The number of carbonyl (C=O) groups is 1. The molecule has 3 aromatic rings. The molecular weight excluding hydrogens is 280 g/mol. The summed E-state index contributed by atoms with van der Waals surface area (Å²) in [4.78, 5) is 14.6. The van der Waals surface area contributed by atoms with Crippen molar-refractivity contribution in [3.63, 3.8) is 0 Å². The second-order valence-corrected chi connectivity index (χ2v) is 5.03. The molecule has 2 heterocycles. The van der Waals surface area contributed by atoms with Gasteiger partial charge < -0.3 is 14.0 Å². The predicted octanol–water partition coefficient (Wildman–Crippen LogP) is 2.80. The molecule has 0 unspecified atom stereocenters. The smallest absolute Gasteiger partial charge is 0.313 e. The van der Waals surface area contributed by atoms with Crippen molar-refractivity contribution < 1.29 is 18.8 Å². The van der Waals surface area contributed by atoms with Gasteiger partial charge >= 0.3 is 5.97 Å². The lowest BCUT2D eigenvalue weighted by Crippen LogP contribution is -1.98. The molecule has 2 aromatic heterocycles. The van der Waals surface area contributed by atoms with E-state index < -0.39 is 5.97 Å². The highest BCUT2D eigenvalue weighted by molar-refractivity contribution is 7.99. The number of aromatic nitrogens is 2. The fourth-order valence-corrected chi connectivity index (χ4v) is 2.30. The molecule has 0 aliphatic carbocycles. The van der Waals surface area contributed by atoms with E-state index >= 15 is 0 Å². The Morgan fingerprint density at radius 3 is 3.00 bits per heavy atom. The molecule has 6 nitrogen and oxygen atoms in total. The van der Waals surface area contributed by atoms with E-state index in [0.29, 0.717) is 23.2 Å². The maximum atomic E-state index is 10.4. The summed E-state index contributed by atoms with van der Waals surface area (Å²) in [6.07, 6.45) is 0. The van der Waals surface area contributed by atoms with Crippen molar-refractivity contribution in [2.24, 2.45) is 0 Å². The van der Waals surface area contributed by atoms with Crippen LogP contribution in [-0.4, -0.2) is 27.0 Å². The van der Waals surface area contributed by atoms with E-state index in [1.807, 2.05) is 30.3 Å². The summed E-state index contributed by atoms with van der Waals surface area (Å²) in [5, 5.41) is 13.4. The minimum Gasteiger partial charge on any atom is -0.481 e. The van der Waals surface area contributed by atoms with E-state index in [2.05, 4.69) is 10.1 Å². The number of rotatable bonds is 5. The van der Waals surface area contributed by atoms with Crippen molar-refractivity contribution in [2.45, 2.75) is 5.75 Å². The zero-order valence-corrected chi connectivity index (χ0v) is 11.1. The van der Waals surface area contributed by atoms with Gasteiger partial charge in [-0.3, -0.25) is 4.79 Å². The van der Waals surface area contributed by atoms with Gasteiger partial charge in [0.25, 0.3) is 0 Å². The second-order valence-electron chi connectivity index (χ2n) is 4.05. The van der Waals surface area contributed by atoms with Crippen LogP contribution >= 0.6 is 11.8 Å². The van der Waals surface area contributed by atoms with Gasteiger partial charge in [0.15, 0.2) is 5.76 Å². The van der Waals surface area contributed by atoms with Crippen molar-refractivity contribution in [3.8, 4) is 11.6 Å². The van der Waals surface area contributed by atoms with Crippen molar-refractivity contribution >= 4 is 28.7 Å². The number of aliphatic carboxylic acids is 1. The lowest BCUT2D eigenvalue weighted by molar-refractivity contribution is -0.133. The number of hydrogen-bond acceptors (Lipinski definition) is 6. The fourth-order valence-electron chi connectivity index (χ4n) is 1.73. The van der Waals surface area contributed by atoms with Crippen molar-refractivity contribution in [2.75, 3.05) is 5.75 Å². The molecule has 3 rings (SSSR count). The predicted molar refractivity (Wildman–Crippen MR) is 73.3 cm³/mol. The molecule has 0 atom stereocenters. The molecule has 0 bridgehead atoms. The molecule has 0 saturated carbocycles. The number of benzene rings is 1. The van der Waals surface area contributed by atoms with E-state index in [-0.39, 0.29) is 5.75 Å². The molecule has 7 heteroatoms. The van der Waals surface area contributed by atoms with Crippen LogP contribution in [0.5, 0.6) is 0 Å². The molecule has 20 heavy (non-hydrogen) atoms. The standard InChI is InChI=1S/C13H10N2O4S/c16-12(17)7-20-6-11-14-13(15-19-11)10-5-8-3-1-2-4-9(8)18-10/h1-5H,6-7H2,(H,16,17). The summed E-state index contributed by atoms with van der Waals surface area (Å²) in [5.74, 6) is 0.775. The first-order valence-electron chi connectivity index (χ1n) is 5.83. The third-order valence-electron chi connectivity index (χ3n) is 2.57. The van der Waals surface area contributed by atoms with E-state index in [1.54, 1.807) is 0 Å².